The molecule has 1 atom stereocenters. The summed E-state index contributed by atoms with van der Waals surface area (Å²) < 4.78 is 5.35. The lowest BCUT2D eigenvalue weighted by Gasteiger charge is -2.16. The smallest absolute Gasteiger partial charge is 0.0605 e. The highest BCUT2D eigenvalue weighted by molar-refractivity contribution is 7.99. The molecule has 0 amide bonds. The summed E-state index contributed by atoms with van der Waals surface area (Å²) in [7, 11) is 0. The highest BCUT2D eigenvalue weighted by atomic mass is 32.2. The van der Waals surface area contributed by atoms with Gasteiger partial charge in [-0.05, 0) is 20.8 Å². The summed E-state index contributed by atoms with van der Waals surface area (Å²) in [6, 6.07) is 0. The largest absolute Gasteiger partial charge is 0.393 e. The van der Waals surface area contributed by atoms with Gasteiger partial charge in [-0.15, -0.1) is 0 Å². The Bertz CT molecular complexity index is 121. The van der Waals surface area contributed by atoms with Crippen molar-refractivity contribution in [3.63, 3.8) is 0 Å². The topological polar surface area (TPSA) is 29.5 Å². The zero-order valence-corrected chi connectivity index (χ0v) is 10.3. The molecule has 80 valence electrons. The third-order valence-electron chi connectivity index (χ3n) is 1.19. The van der Waals surface area contributed by atoms with Crippen molar-refractivity contribution in [3.8, 4) is 0 Å². The van der Waals surface area contributed by atoms with Crippen LogP contribution in [-0.2, 0) is 4.74 Å². The van der Waals surface area contributed by atoms with Crippen molar-refractivity contribution in [2.24, 2.45) is 0 Å². The molecule has 0 aromatic carbocycles. The molecule has 0 aromatic rings. The van der Waals surface area contributed by atoms with E-state index >= 15 is 0 Å². The van der Waals surface area contributed by atoms with Gasteiger partial charge in [0.2, 0.25) is 0 Å². The Labute approximate surface area is 90.8 Å². The number of aliphatic hydroxyl groups is 1. The molecule has 0 aliphatic heterocycles. The van der Waals surface area contributed by atoms with Crippen LogP contribution in [0, 0.1) is 0 Å². The predicted octanol–water partition coefficient (Wildman–Crippen LogP) is 1.83. The van der Waals surface area contributed by atoms with E-state index in [9.17, 15) is 0 Å². The normalized spacial score (nSPS) is 14.5. The van der Waals surface area contributed by atoms with Crippen LogP contribution in [0.1, 0.15) is 20.8 Å². The highest BCUT2D eigenvalue weighted by Gasteiger charge is 2.10. The second kappa shape index (κ2) is 6.98. The van der Waals surface area contributed by atoms with Crippen molar-refractivity contribution in [3.05, 3.63) is 0 Å². The molecule has 0 aromatic heterocycles. The maximum absolute atomic E-state index is 8.96. The summed E-state index contributed by atoms with van der Waals surface area (Å²) in [6.45, 7) is 7.26. The summed E-state index contributed by atoms with van der Waals surface area (Å²) in [5.41, 5.74) is 0. The van der Waals surface area contributed by atoms with Crippen LogP contribution in [0.3, 0.4) is 0 Å². The van der Waals surface area contributed by atoms with Gasteiger partial charge >= 0.3 is 0 Å². The molecule has 0 bridgehead atoms. The first-order valence-electron chi connectivity index (χ1n) is 4.48. The van der Waals surface area contributed by atoms with Crippen LogP contribution in [0.4, 0.5) is 0 Å². The SMILES string of the molecule is CC(O)CSCCOCC(C)(C)S. The molecule has 0 heterocycles. The van der Waals surface area contributed by atoms with E-state index in [1.54, 1.807) is 18.7 Å². The number of thioether (sulfide) groups is 1. The lowest BCUT2D eigenvalue weighted by Crippen LogP contribution is -2.20. The van der Waals surface area contributed by atoms with Crippen molar-refractivity contribution in [2.45, 2.75) is 31.6 Å². The molecule has 0 fully saturated rings. The number of aliphatic hydroxyl groups excluding tert-OH is 1. The van der Waals surface area contributed by atoms with Crippen molar-refractivity contribution in [1.82, 2.24) is 0 Å². The molecule has 2 nitrogen and oxygen atoms in total. The van der Waals surface area contributed by atoms with Gasteiger partial charge in [0.15, 0.2) is 0 Å². The van der Waals surface area contributed by atoms with Crippen LogP contribution in [0.2, 0.25) is 0 Å². The Kier molecular flexibility index (Phi) is 7.32. The Morgan fingerprint density at radius 2 is 2.15 bits per heavy atom. The summed E-state index contributed by atoms with van der Waals surface area (Å²) >= 11 is 6.05. The average Bonchev–Trinajstić information content (AvgIpc) is 1.93. The standard InChI is InChI=1S/C9H20O2S2/c1-8(10)6-13-5-4-11-7-9(2,3)12/h8,10,12H,4-7H2,1-3H3. The summed E-state index contributed by atoms with van der Waals surface area (Å²) in [5, 5.41) is 8.96. The first-order chi connectivity index (χ1) is 5.92. The Morgan fingerprint density at radius 3 is 2.62 bits per heavy atom. The lowest BCUT2D eigenvalue weighted by atomic mass is 10.2. The van der Waals surface area contributed by atoms with E-state index in [1.165, 1.54) is 0 Å². The maximum Gasteiger partial charge on any atom is 0.0605 e. The Morgan fingerprint density at radius 1 is 1.54 bits per heavy atom. The first kappa shape index (κ1) is 13.6. The van der Waals surface area contributed by atoms with Gasteiger partial charge in [-0.25, -0.2) is 0 Å². The van der Waals surface area contributed by atoms with Crippen molar-refractivity contribution in [2.75, 3.05) is 24.7 Å². The minimum Gasteiger partial charge on any atom is -0.393 e. The Hall–Kier alpha value is 0.620. The van der Waals surface area contributed by atoms with Crippen molar-refractivity contribution >= 4 is 24.4 Å². The van der Waals surface area contributed by atoms with Crippen LogP contribution in [-0.4, -0.2) is 40.7 Å². The van der Waals surface area contributed by atoms with Gasteiger partial charge in [-0.2, -0.15) is 24.4 Å². The van der Waals surface area contributed by atoms with Gasteiger partial charge < -0.3 is 9.84 Å². The molecule has 13 heavy (non-hydrogen) atoms. The molecule has 4 heteroatoms. The van der Waals surface area contributed by atoms with Crippen LogP contribution in [0.5, 0.6) is 0 Å². The number of thiol groups is 1. The quantitative estimate of drug-likeness (QED) is 0.511. The Balaban J connectivity index is 3.09. The van der Waals surface area contributed by atoms with Gasteiger partial charge in [0.1, 0.15) is 0 Å². The van der Waals surface area contributed by atoms with Crippen LogP contribution in [0.15, 0.2) is 0 Å². The number of ether oxygens (including phenoxy) is 1. The number of hydrogen-bond acceptors (Lipinski definition) is 4. The second-order valence-corrected chi connectivity index (χ2v) is 6.15. The number of hydrogen-bond donors (Lipinski definition) is 2. The van der Waals surface area contributed by atoms with Crippen LogP contribution >= 0.6 is 24.4 Å². The van der Waals surface area contributed by atoms with E-state index in [1.807, 2.05) is 13.8 Å². The van der Waals surface area contributed by atoms with E-state index in [-0.39, 0.29) is 10.9 Å². The predicted molar refractivity (Wildman–Crippen MR) is 62.9 cm³/mol. The molecule has 0 aliphatic rings. The summed E-state index contributed by atoms with van der Waals surface area (Å²) in [6.07, 6.45) is -0.216. The third kappa shape index (κ3) is 12.6. The minimum absolute atomic E-state index is 0.0467. The maximum atomic E-state index is 8.96. The van der Waals surface area contributed by atoms with Gasteiger partial charge in [0.25, 0.3) is 0 Å². The molecule has 0 rings (SSSR count). The molecular formula is C9H20O2S2. The van der Waals surface area contributed by atoms with Crippen molar-refractivity contribution < 1.29 is 9.84 Å². The monoisotopic (exact) mass is 224 g/mol. The van der Waals surface area contributed by atoms with E-state index in [4.69, 9.17) is 9.84 Å². The van der Waals surface area contributed by atoms with Crippen molar-refractivity contribution in [1.29, 1.82) is 0 Å². The zero-order chi connectivity index (χ0) is 10.3. The van der Waals surface area contributed by atoms with Crippen LogP contribution < -0.4 is 0 Å². The molecule has 0 spiro atoms. The number of rotatable bonds is 7. The van der Waals surface area contributed by atoms with Gasteiger partial charge in [-0.3, -0.25) is 0 Å². The third-order valence-corrected chi connectivity index (χ3v) is 2.49. The molecule has 0 radical (unpaired) electrons. The van der Waals surface area contributed by atoms with E-state index in [0.717, 1.165) is 18.1 Å². The van der Waals surface area contributed by atoms with E-state index < -0.39 is 0 Å². The minimum atomic E-state index is -0.216. The molecule has 1 N–H and O–H groups in total. The fraction of sp³-hybridized carbons (Fsp3) is 1.00. The van der Waals surface area contributed by atoms with Gasteiger partial charge in [0.05, 0.1) is 19.3 Å². The lowest BCUT2D eigenvalue weighted by molar-refractivity contribution is 0.134. The fourth-order valence-corrected chi connectivity index (χ4v) is 1.53. The zero-order valence-electron chi connectivity index (χ0n) is 8.62. The molecule has 0 saturated carbocycles. The van der Waals surface area contributed by atoms with Gasteiger partial charge in [0, 0.05) is 16.3 Å². The molecular weight excluding hydrogens is 204 g/mol. The molecule has 0 saturated heterocycles. The second-order valence-electron chi connectivity index (χ2n) is 3.79. The highest BCUT2D eigenvalue weighted by Crippen LogP contribution is 2.12. The fourth-order valence-electron chi connectivity index (χ4n) is 0.694. The van der Waals surface area contributed by atoms with E-state index in [2.05, 4.69) is 12.6 Å². The summed E-state index contributed by atoms with van der Waals surface area (Å²) in [5.74, 6) is 1.72. The van der Waals surface area contributed by atoms with Crippen LogP contribution in [0.25, 0.3) is 0 Å². The first-order valence-corrected chi connectivity index (χ1v) is 6.08. The summed E-state index contributed by atoms with van der Waals surface area (Å²) in [4.78, 5) is 0. The molecule has 0 aliphatic carbocycles. The van der Waals surface area contributed by atoms with E-state index in [0.29, 0.717) is 6.61 Å². The van der Waals surface area contributed by atoms with Gasteiger partial charge in [-0.1, -0.05) is 0 Å². The molecule has 1 unspecified atom stereocenters. The average molecular weight is 224 g/mol.